The minimum absolute atomic E-state index is 0.233. The molecule has 2 N–H and O–H groups in total. The summed E-state index contributed by atoms with van der Waals surface area (Å²) in [5.41, 5.74) is -7.80. The van der Waals surface area contributed by atoms with Gasteiger partial charge in [0.1, 0.15) is 11.5 Å². The lowest BCUT2D eigenvalue weighted by Gasteiger charge is -2.20. The van der Waals surface area contributed by atoms with Gasteiger partial charge < -0.3 is 10.4 Å². The van der Waals surface area contributed by atoms with Gasteiger partial charge in [-0.15, -0.1) is 0 Å². The van der Waals surface area contributed by atoms with Crippen LogP contribution in [0.2, 0.25) is 0 Å². The molecule has 3 aromatic rings. The maximum absolute atomic E-state index is 14.2. The molecule has 0 aliphatic heterocycles. The molecule has 0 atom stereocenters. The maximum Gasteiger partial charge on any atom is 0.417 e. The molecule has 1 aromatic heterocycles. The number of alkyl halides is 6. The van der Waals surface area contributed by atoms with Crippen molar-refractivity contribution in [2.75, 3.05) is 5.32 Å². The van der Waals surface area contributed by atoms with Crippen LogP contribution in [0.15, 0.2) is 53.3 Å². The molecule has 0 saturated heterocycles. The number of halogens is 7. The van der Waals surface area contributed by atoms with E-state index in [0.717, 1.165) is 18.2 Å². The molecule has 0 aliphatic rings. The summed E-state index contributed by atoms with van der Waals surface area (Å²) in [7, 11) is 0. The van der Waals surface area contributed by atoms with Gasteiger partial charge in [-0.2, -0.15) is 31.4 Å². The highest BCUT2D eigenvalue weighted by molar-refractivity contribution is 6.06. The van der Waals surface area contributed by atoms with Crippen LogP contribution in [0.3, 0.4) is 0 Å². The topological polar surface area (TPSA) is 84.2 Å². The number of rotatable bonds is 5. The van der Waals surface area contributed by atoms with Crippen LogP contribution < -0.4 is 10.9 Å². The first-order chi connectivity index (χ1) is 16.5. The molecule has 2 aromatic carbocycles. The van der Waals surface area contributed by atoms with E-state index in [2.05, 4.69) is 5.10 Å². The summed E-state index contributed by atoms with van der Waals surface area (Å²) in [6.07, 6.45) is -9.79. The molecule has 13 heteroatoms. The summed E-state index contributed by atoms with van der Waals surface area (Å²) >= 11 is 0. The van der Waals surface area contributed by atoms with E-state index in [1.54, 1.807) is 0 Å². The van der Waals surface area contributed by atoms with E-state index in [1.165, 1.54) is 19.9 Å². The standard InChI is InChI=1S/C23H18F7N3O3/c1-21(2,36)11-33-18(34)10-17(19(32-33)13-5-3-4-6-15(13)23(28,29)30)31-20(35)14-9-12(22(25,26)27)7-8-16(14)24/h3-10,36H,11H2,1-2H3,(H,31,35). The van der Waals surface area contributed by atoms with Gasteiger partial charge in [0, 0.05) is 11.6 Å². The number of aliphatic hydroxyl groups is 1. The molecule has 1 amide bonds. The smallest absolute Gasteiger partial charge is 0.389 e. The van der Waals surface area contributed by atoms with E-state index in [1.807, 2.05) is 5.32 Å². The Labute approximate surface area is 199 Å². The van der Waals surface area contributed by atoms with Crippen molar-refractivity contribution in [3.8, 4) is 11.3 Å². The van der Waals surface area contributed by atoms with Crippen molar-refractivity contribution >= 4 is 11.6 Å². The van der Waals surface area contributed by atoms with Crippen LogP contribution in [-0.4, -0.2) is 26.4 Å². The Morgan fingerprint density at radius 1 is 1.00 bits per heavy atom. The number of nitrogens with one attached hydrogen (secondary N) is 1. The Morgan fingerprint density at radius 2 is 1.64 bits per heavy atom. The van der Waals surface area contributed by atoms with E-state index in [4.69, 9.17) is 0 Å². The fraction of sp³-hybridized carbons (Fsp3) is 0.261. The first-order valence-electron chi connectivity index (χ1n) is 10.2. The summed E-state index contributed by atoms with van der Waals surface area (Å²) in [5, 5.41) is 15.9. The number of anilines is 1. The second kappa shape index (κ2) is 9.37. The summed E-state index contributed by atoms with van der Waals surface area (Å²) in [6.45, 7) is 2.19. The lowest BCUT2D eigenvalue weighted by Crippen LogP contribution is -2.35. The number of nitrogens with zero attached hydrogens (tertiary/aromatic N) is 2. The number of benzene rings is 2. The van der Waals surface area contributed by atoms with Crippen LogP contribution >= 0.6 is 0 Å². The van der Waals surface area contributed by atoms with Crippen molar-refractivity contribution in [1.82, 2.24) is 9.78 Å². The van der Waals surface area contributed by atoms with Gasteiger partial charge in [0.25, 0.3) is 11.5 Å². The molecule has 0 radical (unpaired) electrons. The van der Waals surface area contributed by atoms with Gasteiger partial charge in [-0.25, -0.2) is 9.07 Å². The molecule has 36 heavy (non-hydrogen) atoms. The van der Waals surface area contributed by atoms with E-state index < -0.39 is 75.4 Å². The third-order valence-electron chi connectivity index (χ3n) is 4.81. The molecule has 0 fully saturated rings. The van der Waals surface area contributed by atoms with Crippen LogP contribution in [-0.2, 0) is 18.9 Å². The predicted octanol–water partition coefficient (Wildman–Crippen LogP) is 5.11. The van der Waals surface area contributed by atoms with Crippen molar-refractivity contribution in [1.29, 1.82) is 0 Å². The fourth-order valence-electron chi connectivity index (χ4n) is 3.27. The zero-order valence-corrected chi connectivity index (χ0v) is 18.6. The maximum atomic E-state index is 14.2. The molecule has 0 saturated carbocycles. The first-order valence-corrected chi connectivity index (χ1v) is 10.2. The van der Waals surface area contributed by atoms with Gasteiger partial charge in [0.2, 0.25) is 0 Å². The summed E-state index contributed by atoms with van der Waals surface area (Å²) < 4.78 is 95.0. The van der Waals surface area contributed by atoms with Crippen LogP contribution in [0, 0.1) is 5.82 Å². The van der Waals surface area contributed by atoms with E-state index in [0.29, 0.717) is 22.9 Å². The van der Waals surface area contributed by atoms with Gasteiger partial charge in [-0.1, -0.05) is 18.2 Å². The number of hydrogen-bond acceptors (Lipinski definition) is 4. The summed E-state index contributed by atoms with van der Waals surface area (Å²) in [4.78, 5) is 25.2. The Bertz CT molecular complexity index is 1360. The number of carbonyl (C=O) groups is 1. The fourth-order valence-corrected chi connectivity index (χ4v) is 3.27. The van der Waals surface area contributed by atoms with E-state index >= 15 is 0 Å². The highest BCUT2D eigenvalue weighted by atomic mass is 19.4. The van der Waals surface area contributed by atoms with Crippen LogP contribution in [0.1, 0.15) is 35.3 Å². The van der Waals surface area contributed by atoms with E-state index in [-0.39, 0.29) is 6.07 Å². The van der Waals surface area contributed by atoms with Gasteiger partial charge in [0.15, 0.2) is 0 Å². The third kappa shape index (κ3) is 6.08. The average molecular weight is 517 g/mol. The molecule has 1 heterocycles. The SMILES string of the molecule is CC(C)(O)Cn1nc(-c2ccccc2C(F)(F)F)c(NC(=O)c2cc(C(F)(F)F)ccc2F)cc1=O. The lowest BCUT2D eigenvalue weighted by atomic mass is 10.0. The van der Waals surface area contributed by atoms with Crippen molar-refractivity contribution < 1.29 is 40.6 Å². The highest BCUT2D eigenvalue weighted by Gasteiger charge is 2.35. The second-order valence-electron chi connectivity index (χ2n) is 8.40. The molecular weight excluding hydrogens is 499 g/mol. The molecular formula is C23H18F7N3O3. The molecule has 192 valence electrons. The zero-order valence-electron chi connectivity index (χ0n) is 18.6. The van der Waals surface area contributed by atoms with Crippen molar-refractivity contribution in [3.05, 3.63) is 81.4 Å². The summed E-state index contributed by atoms with van der Waals surface area (Å²) in [5.74, 6) is -2.79. The Morgan fingerprint density at radius 3 is 2.22 bits per heavy atom. The Kier molecular flexibility index (Phi) is 6.99. The average Bonchev–Trinajstić information content (AvgIpc) is 2.73. The minimum Gasteiger partial charge on any atom is -0.389 e. The summed E-state index contributed by atoms with van der Waals surface area (Å²) in [6, 6.07) is 5.80. The van der Waals surface area contributed by atoms with E-state index in [9.17, 15) is 45.4 Å². The molecule has 0 spiro atoms. The van der Waals surface area contributed by atoms with Crippen LogP contribution in [0.5, 0.6) is 0 Å². The number of hydrogen-bond donors (Lipinski definition) is 2. The molecule has 6 nitrogen and oxygen atoms in total. The largest absolute Gasteiger partial charge is 0.417 e. The lowest BCUT2D eigenvalue weighted by molar-refractivity contribution is -0.138. The monoisotopic (exact) mass is 517 g/mol. The third-order valence-corrected chi connectivity index (χ3v) is 4.81. The number of aromatic nitrogens is 2. The highest BCUT2D eigenvalue weighted by Crippen LogP contribution is 2.38. The minimum atomic E-state index is -4.90. The van der Waals surface area contributed by atoms with Gasteiger partial charge in [-0.3, -0.25) is 9.59 Å². The number of carbonyl (C=O) groups excluding carboxylic acids is 1. The molecule has 3 rings (SSSR count). The second-order valence-corrected chi connectivity index (χ2v) is 8.40. The molecule has 0 unspecified atom stereocenters. The Balaban J connectivity index is 2.19. The van der Waals surface area contributed by atoms with Gasteiger partial charge >= 0.3 is 12.4 Å². The van der Waals surface area contributed by atoms with Gasteiger partial charge in [0.05, 0.1) is 34.5 Å². The van der Waals surface area contributed by atoms with Gasteiger partial charge in [-0.05, 0) is 38.1 Å². The first kappa shape index (κ1) is 26.9. The van der Waals surface area contributed by atoms with Crippen LogP contribution in [0.4, 0.5) is 36.4 Å². The normalized spacial score (nSPS) is 12.5. The van der Waals surface area contributed by atoms with Crippen molar-refractivity contribution in [2.45, 2.75) is 38.3 Å². The van der Waals surface area contributed by atoms with Crippen molar-refractivity contribution in [2.24, 2.45) is 0 Å². The quantitative estimate of drug-likeness (QED) is 0.461. The van der Waals surface area contributed by atoms with Crippen molar-refractivity contribution in [3.63, 3.8) is 0 Å². The molecule has 0 bridgehead atoms. The number of amides is 1. The Hall–Kier alpha value is -3.74. The molecule has 0 aliphatic carbocycles. The predicted molar refractivity (Wildman–Crippen MR) is 115 cm³/mol. The van der Waals surface area contributed by atoms with Crippen LogP contribution in [0.25, 0.3) is 11.3 Å². The zero-order chi connectivity index (χ0) is 27.1.